The van der Waals surface area contributed by atoms with Crippen molar-refractivity contribution in [2.75, 3.05) is 10.6 Å². The fourth-order valence-electron chi connectivity index (χ4n) is 5.02. The first-order valence-corrected chi connectivity index (χ1v) is 14.5. The Labute approximate surface area is 255 Å². The summed E-state index contributed by atoms with van der Waals surface area (Å²) in [5, 5.41) is 17.9. The highest BCUT2D eigenvalue weighted by Gasteiger charge is 2.24. The van der Waals surface area contributed by atoms with Crippen LogP contribution in [0.4, 0.5) is 16.2 Å². The molecule has 10 nitrogen and oxygen atoms in total. The fourth-order valence-corrected chi connectivity index (χ4v) is 5.02. The van der Waals surface area contributed by atoms with Crippen LogP contribution in [0.15, 0.2) is 91.1 Å². The van der Waals surface area contributed by atoms with Gasteiger partial charge < -0.3 is 30.5 Å². The monoisotopic (exact) mass is 594 g/mol. The summed E-state index contributed by atoms with van der Waals surface area (Å²) >= 11 is 0. The van der Waals surface area contributed by atoms with Gasteiger partial charge in [-0.25, -0.2) is 14.6 Å². The number of nitrogens with zero attached hydrogens (tertiary/aromatic N) is 1. The standard InChI is InChI=1S/C34H34N4O6/c1-22-6-2-4-8-29(22)38-34(42)36-24-11-13-25(14-12-24)43-26-15-17-27(18-16-26)44-32-19-10-23(21-35-32)20-31(39)37-30-9-5-3-7-28(30)33(40)41/h2-10,15-19,21,24-25H,11-14,20H2,1H3,(H,37,39)(H,40,41)(H2,36,38,42). The molecule has 1 saturated carbocycles. The Balaban J connectivity index is 1.04. The van der Waals surface area contributed by atoms with Gasteiger partial charge in [-0.1, -0.05) is 36.4 Å². The predicted molar refractivity (Wildman–Crippen MR) is 166 cm³/mol. The number of carboxylic acid groups (broad SMARTS) is 1. The molecule has 0 radical (unpaired) electrons. The van der Waals surface area contributed by atoms with Crippen LogP contribution in [0.2, 0.25) is 0 Å². The van der Waals surface area contributed by atoms with Crippen LogP contribution in [0.25, 0.3) is 0 Å². The number of benzene rings is 3. The SMILES string of the molecule is Cc1ccccc1NC(=O)NC1CCC(Oc2ccc(Oc3ccc(CC(=O)Nc4ccccc4C(=O)O)cn3)cc2)CC1. The first kappa shape index (κ1) is 30.1. The number of carboxylic acids is 1. The minimum atomic E-state index is -1.11. The van der Waals surface area contributed by atoms with Gasteiger partial charge in [0.25, 0.3) is 0 Å². The van der Waals surface area contributed by atoms with Crippen LogP contribution >= 0.6 is 0 Å². The summed E-state index contributed by atoms with van der Waals surface area (Å²) in [5.41, 5.74) is 2.76. The van der Waals surface area contributed by atoms with Crippen LogP contribution in [-0.2, 0) is 11.2 Å². The van der Waals surface area contributed by atoms with E-state index in [0.717, 1.165) is 42.7 Å². The lowest BCUT2D eigenvalue weighted by molar-refractivity contribution is -0.115. The number of aromatic nitrogens is 1. The van der Waals surface area contributed by atoms with E-state index >= 15 is 0 Å². The zero-order valence-electron chi connectivity index (χ0n) is 24.3. The summed E-state index contributed by atoms with van der Waals surface area (Å²) in [5.74, 6) is 0.244. The number of rotatable bonds is 10. The Hall–Kier alpha value is -5.38. The number of pyridine rings is 1. The summed E-state index contributed by atoms with van der Waals surface area (Å²) in [7, 11) is 0. The summed E-state index contributed by atoms with van der Waals surface area (Å²) in [6.45, 7) is 1.96. The number of carbonyl (C=O) groups excluding carboxylic acids is 2. The third kappa shape index (κ3) is 8.34. The second-order valence-electron chi connectivity index (χ2n) is 10.7. The van der Waals surface area contributed by atoms with Crippen molar-refractivity contribution in [1.29, 1.82) is 0 Å². The molecule has 1 aliphatic carbocycles. The molecule has 0 aliphatic heterocycles. The van der Waals surface area contributed by atoms with E-state index in [0.29, 0.717) is 17.2 Å². The molecule has 0 saturated heterocycles. The number of anilines is 2. The number of para-hydroxylation sites is 2. The van der Waals surface area contributed by atoms with Gasteiger partial charge in [0.05, 0.1) is 23.8 Å². The minimum Gasteiger partial charge on any atom is -0.490 e. The molecule has 1 fully saturated rings. The lowest BCUT2D eigenvalue weighted by Gasteiger charge is -2.29. The molecule has 0 atom stereocenters. The Kier molecular flexibility index (Phi) is 9.71. The molecular formula is C34H34N4O6. The molecule has 3 amide bonds. The smallest absolute Gasteiger partial charge is 0.337 e. The highest BCUT2D eigenvalue weighted by molar-refractivity contribution is 6.01. The molecule has 44 heavy (non-hydrogen) atoms. The molecule has 0 bridgehead atoms. The summed E-state index contributed by atoms with van der Waals surface area (Å²) < 4.78 is 12.0. The largest absolute Gasteiger partial charge is 0.490 e. The number of ether oxygens (including phenoxy) is 2. The molecule has 4 aromatic rings. The van der Waals surface area contributed by atoms with Crippen molar-refractivity contribution in [2.45, 2.75) is 51.2 Å². The van der Waals surface area contributed by atoms with Gasteiger partial charge in [0.15, 0.2) is 0 Å². The Morgan fingerprint density at radius 1 is 0.818 bits per heavy atom. The van der Waals surface area contributed by atoms with Gasteiger partial charge in [0.2, 0.25) is 11.8 Å². The van der Waals surface area contributed by atoms with Crippen LogP contribution in [0.1, 0.15) is 47.2 Å². The maximum absolute atomic E-state index is 12.4. The number of urea groups is 1. The van der Waals surface area contributed by atoms with E-state index in [1.807, 2.05) is 43.3 Å². The average molecular weight is 595 g/mol. The van der Waals surface area contributed by atoms with Crippen molar-refractivity contribution in [3.8, 4) is 17.4 Å². The van der Waals surface area contributed by atoms with Gasteiger partial charge in [-0.15, -0.1) is 0 Å². The van der Waals surface area contributed by atoms with E-state index in [-0.39, 0.29) is 41.8 Å². The molecular weight excluding hydrogens is 560 g/mol. The summed E-state index contributed by atoms with van der Waals surface area (Å²) in [6.07, 6.45) is 5.02. The van der Waals surface area contributed by atoms with Crippen molar-refractivity contribution < 1.29 is 29.0 Å². The molecule has 4 N–H and O–H groups in total. The second kappa shape index (κ2) is 14.2. The van der Waals surface area contributed by atoms with Gasteiger partial charge in [-0.05, 0) is 86.2 Å². The Morgan fingerprint density at radius 2 is 1.50 bits per heavy atom. The molecule has 0 spiro atoms. The number of amides is 3. The zero-order valence-corrected chi connectivity index (χ0v) is 24.3. The molecule has 1 heterocycles. The molecule has 1 aromatic heterocycles. The molecule has 5 rings (SSSR count). The number of aryl methyl sites for hydroxylation is 1. The molecule has 226 valence electrons. The first-order chi connectivity index (χ1) is 21.3. The van der Waals surface area contributed by atoms with Gasteiger partial charge in [0, 0.05) is 24.0 Å². The third-order valence-corrected chi connectivity index (χ3v) is 7.35. The summed E-state index contributed by atoms with van der Waals surface area (Å²) in [6, 6.07) is 24.6. The van der Waals surface area contributed by atoms with Gasteiger partial charge in [-0.3, -0.25) is 4.79 Å². The van der Waals surface area contributed by atoms with Crippen molar-refractivity contribution >= 4 is 29.3 Å². The average Bonchev–Trinajstić information content (AvgIpc) is 3.01. The minimum absolute atomic E-state index is 0.0273. The van der Waals surface area contributed by atoms with Gasteiger partial charge in [0.1, 0.15) is 11.5 Å². The second-order valence-corrected chi connectivity index (χ2v) is 10.7. The van der Waals surface area contributed by atoms with Crippen LogP contribution in [-0.4, -0.2) is 40.1 Å². The third-order valence-electron chi connectivity index (χ3n) is 7.35. The van der Waals surface area contributed by atoms with Gasteiger partial charge >= 0.3 is 12.0 Å². The van der Waals surface area contributed by atoms with Crippen molar-refractivity contribution in [3.05, 3.63) is 108 Å². The van der Waals surface area contributed by atoms with E-state index < -0.39 is 5.97 Å². The van der Waals surface area contributed by atoms with Gasteiger partial charge in [-0.2, -0.15) is 0 Å². The predicted octanol–water partition coefficient (Wildman–Crippen LogP) is 6.57. The van der Waals surface area contributed by atoms with Crippen LogP contribution in [0, 0.1) is 6.92 Å². The molecule has 1 aliphatic rings. The number of nitrogens with one attached hydrogen (secondary N) is 3. The fraction of sp³-hybridized carbons (Fsp3) is 0.235. The van der Waals surface area contributed by atoms with E-state index in [1.54, 1.807) is 48.7 Å². The maximum Gasteiger partial charge on any atom is 0.337 e. The highest BCUT2D eigenvalue weighted by atomic mass is 16.5. The van der Waals surface area contributed by atoms with Crippen molar-refractivity contribution in [3.63, 3.8) is 0 Å². The first-order valence-electron chi connectivity index (χ1n) is 14.5. The number of aromatic carboxylic acids is 1. The highest BCUT2D eigenvalue weighted by Crippen LogP contribution is 2.27. The molecule has 0 unspecified atom stereocenters. The maximum atomic E-state index is 12.4. The zero-order chi connectivity index (χ0) is 30.9. The number of carbonyl (C=O) groups is 3. The number of hydrogen-bond acceptors (Lipinski definition) is 6. The van der Waals surface area contributed by atoms with Crippen LogP contribution < -0.4 is 25.4 Å². The van der Waals surface area contributed by atoms with Crippen LogP contribution in [0.5, 0.6) is 17.4 Å². The van der Waals surface area contributed by atoms with Crippen molar-refractivity contribution in [2.24, 2.45) is 0 Å². The number of hydrogen-bond donors (Lipinski definition) is 4. The van der Waals surface area contributed by atoms with Crippen LogP contribution in [0.3, 0.4) is 0 Å². The molecule has 3 aromatic carbocycles. The lowest BCUT2D eigenvalue weighted by atomic mass is 9.93. The quantitative estimate of drug-likeness (QED) is 0.163. The lowest BCUT2D eigenvalue weighted by Crippen LogP contribution is -2.41. The van der Waals surface area contributed by atoms with E-state index in [9.17, 15) is 19.5 Å². The normalized spacial score (nSPS) is 15.9. The molecule has 10 heteroatoms. The van der Waals surface area contributed by atoms with E-state index in [1.165, 1.54) is 6.07 Å². The topological polar surface area (TPSA) is 139 Å². The van der Waals surface area contributed by atoms with Crippen molar-refractivity contribution in [1.82, 2.24) is 10.3 Å². The Morgan fingerprint density at radius 3 is 2.18 bits per heavy atom. The van der Waals surface area contributed by atoms with E-state index in [4.69, 9.17) is 9.47 Å². The summed E-state index contributed by atoms with van der Waals surface area (Å²) in [4.78, 5) is 40.5. The van der Waals surface area contributed by atoms with E-state index in [2.05, 4.69) is 20.9 Å². The Bertz CT molecular complexity index is 1600.